The van der Waals surface area contributed by atoms with E-state index in [-0.39, 0.29) is 0 Å². The lowest BCUT2D eigenvalue weighted by Gasteiger charge is -2.13. The molecule has 1 unspecified atom stereocenters. The maximum atomic E-state index is 5.41. The van der Waals surface area contributed by atoms with E-state index in [1.54, 1.807) is 0 Å². The first-order valence-corrected chi connectivity index (χ1v) is 5.65. The molecular weight excluding hydrogens is 176 g/mol. The molecule has 0 aromatic heterocycles. The van der Waals surface area contributed by atoms with Crippen molar-refractivity contribution in [2.45, 2.75) is 32.2 Å². The first-order chi connectivity index (χ1) is 6.81. The second-order valence-electron chi connectivity index (χ2n) is 3.68. The van der Waals surface area contributed by atoms with Gasteiger partial charge in [0, 0.05) is 6.04 Å². The van der Waals surface area contributed by atoms with Crippen LogP contribution in [0.15, 0.2) is 0 Å². The Hall–Kier alpha value is -0.160. The minimum absolute atomic E-state index is 0.576. The van der Waals surface area contributed by atoms with Gasteiger partial charge in [0.1, 0.15) is 0 Å². The Morgan fingerprint density at radius 1 is 1.00 bits per heavy atom. The van der Waals surface area contributed by atoms with E-state index in [1.165, 1.54) is 0 Å². The zero-order chi connectivity index (χ0) is 10.6. The Labute approximate surface area is 87.8 Å². The quantitative estimate of drug-likeness (QED) is 0.365. The predicted octanol–water partition coefficient (Wildman–Crippen LogP) is -0.358. The van der Waals surface area contributed by atoms with Gasteiger partial charge in [0.2, 0.25) is 0 Å². The predicted molar refractivity (Wildman–Crippen MR) is 62.3 cm³/mol. The third-order valence-electron chi connectivity index (χ3n) is 2.19. The van der Waals surface area contributed by atoms with Crippen molar-refractivity contribution in [3.63, 3.8) is 0 Å². The van der Waals surface area contributed by atoms with Crippen LogP contribution in [0.1, 0.15) is 26.2 Å². The molecule has 14 heavy (non-hydrogen) atoms. The molecule has 0 aromatic carbocycles. The SMILES string of the molecule is CC(CCNCCCN)NCCCN. The van der Waals surface area contributed by atoms with Gasteiger partial charge in [0.05, 0.1) is 0 Å². The number of hydrogen-bond donors (Lipinski definition) is 4. The summed E-state index contributed by atoms with van der Waals surface area (Å²) in [5.74, 6) is 0. The molecule has 0 heterocycles. The highest BCUT2D eigenvalue weighted by molar-refractivity contribution is 4.62. The van der Waals surface area contributed by atoms with Crippen molar-refractivity contribution in [2.24, 2.45) is 11.5 Å². The molecule has 0 saturated heterocycles. The Morgan fingerprint density at radius 2 is 1.64 bits per heavy atom. The van der Waals surface area contributed by atoms with E-state index >= 15 is 0 Å². The maximum absolute atomic E-state index is 5.41. The van der Waals surface area contributed by atoms with Gasteiger partial charge in [-0.25, -0.2) is 0 Å². The van der Waals surface area contributed by atoms with Crippen molar-refractivity contribution >= 4 is 0 Å². The number of hydrogen-bond acceptors (Lipinski definition) is 4. The van der Waals surface area contributed by atoms with E-state index in [0.29, 0.717) is 6.04 Å². The third kappa shape index (κ3) is 9.92. The average molecular weight is 202 g/mol. The molecule has 0 saturated carbocycles. The number of rotatable bonds is 10. The fourth-order valence-corrected chi connectivity index (χ4v) is 1.22. The van der Waals surface area contributed by atoms with Crippen LogP contribution < -0.4 is 22.1 Å². The van der Waals surface area contributed by atoms with Gasteiger partial charge in [-0.1, -0.05) is 0 Å². The van der Waals surface area contributed by atoms with Crippen molar-refractivity contribution < 1.29 is 0 Å². The van der Waals surface area contributed by atoms with E-state index in [9.17, 15) is 0 Å². The van der Waals surface area contributed by atoms with Gasteiger partial charge in [-0.05, 0) is 58.9 Å². The molecule has 1 atom stereocenters. The molecular formula is C10H26N4. The lowest BCUT2D eigenvalue weighted by molar-refractivity contribution is 0.487. The molecule has 4 nitrogen and oxygen atoms in total. The summed E-state index contributed by atoms with van der Waals surface area (Å²) in [6, 6.07) is 0.576. The minimum atomic E-state index is 0.576. The first kappa shape index (κ1) is 13.8. The van der Waals surface area contributed by atoms with Gasteiger partial charge >= 0.3 is 0 Å². The fraction of sp³-hybridized carbons (Fsp3) is 1.00. The number of nitrogens with one attached hydrogen (secondary N) is 2. The van der Waals surface area contributed by atoms with Gasteiger partial charge in [0.25, 0.3) is 0 Å². The molecule has 0 radical (unpaired) electrons. The summed E-state index contributed by atoms with van der Waals surface area (Å²) in [6.07, 6.45) is 3.29. The Kier molecular flexibility index (Phi) is 10.8. The highest BCUT2D eigenvalue weighted by atomic mass is 14.9. The molecule has 4 heteroatoms. The zero-order valence-electron chi connectivity index (χ0n) is 9.39. The summed E-state index contributed by atoms with van der Waals surface area (Å²) in [6.45, 7) is 6.89. The van der Waals surface area contributed by atoms with Crippen LogP contribution >= 0.6 is 0 Å². The van der Waals surface area contributed by atoms with Crippen LogP contribution in [0.3, 0.4) is 0 Å². The normalized spacial score (nSPS) is 13.1. The topological polar surface area (TPSA) is 76.1 Å². The Balaban J connectivity index is 3.06. The van der Waals surface area contributed by atoms with Crippen LogP contribution in [0.2, 0.25) is 0 Å². The monoisotopic (exact) mass is 202 g/mol. The van der Waals surface area contributed by atoms with Gasteiger partial charge < -0.3 is 22.1 Å². The maximum Gasteiger partial charge on any atom is 0.00508 e. The van der Waals surface area contributed by atoms with E-state index in [2.05, 4.69) is 17.6 Å². The summed E-state index contributed by atoms with van der Waals surface area (Å²) in [5, 5.41) is 6.79. The molecule has 0 amide bonds. The largest absolute Gasteiger partial charge is 0.330 e. The van der Waals surface area contributed by atoms with Gasteiger partial charge in [-0.2, -0.15) is 0 Å². The second kappa shape index (κ2) is 10.9. The van der Waals surface area contributed by atoms with Gasteiger partial charge in [-0.15, -0.1) is 0 Å². The molecule has 0 fully saturated rings. The van der Waals surface area contributed by atoms with Crippen molar-refractivity contribution in [2.75, 3.05) is 32.7 Å². The number of nitrogens with two attached hydrogens (primary N) is 2. The third-order valence-corrected chi connectivity index (χ3v) is 2.19. The zero-order valence-corrected chi connectivity index (χ0v) is 9.39. The molecule has 86 valence electrons. The van der Waals surface area contributed by atoms with E-state index < -0.39 is 0 Å². The average Bonchev–Trinajstić information content (AvgIpc) is 2.18. The smallest absolute Gasteiger partial charge is 0.00508 e. The highest BCUT2D eigenvalue weighted by Crippen LogP contribution is 1.88. The van der Waals surface area contributed by atoms with Crippen molar-refractivity contribution in [1.29, 1.82) is 0 Å². The summed E-state index contributed by atoms with van der Waals surface area (Å²) in [5.41, 5.74) is 10.8. The second-order valence-corrected chi connectivity index (χ2v) is 3.68. The summed E-state index contributed by atoms with van der Waals surface area (Å²) in [4.78, 5) is 0. The van der Waals surface area contributed by atoms with E-state index in [1.807, 2.05) is 0 Å². The lowest BCUT2D eigenvalue weighted by Crippen LogP contribution is -2.32. The van der Waals surface area contributed by atoms with Gasteiger partial charge in [0.15, 0.2) is 0 Å². The van der Waals surface area contributed by atoms with Crippen molar-refractivity contribution in [1.82, 2.24) is 10.6 Å². The molecule has 0 aliphatic rings. The Bertz CT molecular complexity index is 108. The molecule has 0 aliphatic heterocycles. The molecule has 0 aliphatic carbocycles. The van der Waals surface area contributed by atoms with Crippen LogP contribution in [0.25, 0.3) is 0 Å². The van der Waals surface area contributed by atoms with Crippen LogP contribution in [-0.4, -0.2) is 38.8 Å². The molecule has 0 spiro atoms. The van der Waals surface area contributed by atoms with Gasteiger partial charge in [-0.3, -0.25) is 0 Å². The van der Waals surface area contributed by atoms with Crippen LogP contribution in [0.5, 0.6) is 0 Å². The van der Waals surface area contributed by atoms with Crippen molar-refractivity contribution in [3.8, 4) is 0 Å². The minimum Gasteiger partial charge on any atom is -0.330 e. The van der Waals surface area contributed by atoms with E-state index in [4.69, 9.17) is 11.5 Å². The molecule has 0 bridgehead atoms. The van der Waals surface area contributed by atoms with E-state index in [0.717, 1.165) is 52.0 Å². The summed E-state index contributed by atoms with van der Waals surface area (Å²) in [7, 11) is 0. The first-order valence-electron chi connectivity index (χ1n) is 5.65. The lowest BCUT2D eigenvalue weighted by atomic mass is 10.2. The molecule has 0 rings (SSSR count). The standard InChI is InChI=1S/C10H26N4/c1-10(14-8-3-6-12)4-9-13-7-2-5-11/h10,13-14H,2-9,11-12H2,1H3. The highest BCUT2D eigenvalue weighted by Gasteiger charge is 1.98. The molecule has 6 N–H and O–H groups in total. The summed E-state index contributed by atoms with van der Waals surface area (Å²) < 4.78 is 0. The fourth-order valence-electron chi connectivity index (χ4n) is 1.22. The van der Waals surface area contributed by atoms with Crippen LogP contribution in [-0.2, 0) is 0 Å². The Morgan fingerprint density at radius 3 is 2.29 bits per heavy atom. The summed E-state index contributed by atoms with van der Waals surface area (Å²) >= 11 is 0. The van der Waals surface area contributed by atoms with Crippen LogP contribution in [0, 0.1) is 0 Å². The van der Waals surface area contributed by atoms with Crippen molar-refractivity contribution in [3.05, 3.63) is 0 Å². The molecule has 0 aromatic rings. The van der Waals surface area contributed by atoms with Crippen LogP contribution in [0.4, 0.5) is 0 Å².